The van der Waals surface area contributed by atoms with Gasteiger partial charge >= 0.3 is 0 Å². The Morgan fingerprint density at radius 3 is 2.65 bits per heavy atom. The van der Waals surface area contributed by atoms with Gasteiger partial charge in [-0.1, -0.05) is 17.3 Å². The Hall–Kier alpha value is -3.60. The first kappa shape index (κ1) is 14.3. The van der Waals surface area contributed by atoms with E-state index in [2.05, 4.69) is 15.3 Å². The molecule has 0 aliphatic carbocycles. The van der Waals surface area contributed by atoms with Crippen molar-refractivity contribution in [1.29, 1.82) is 5.26 Å². The molecule has 112 valence electrons. The summed E-state index contributed by atoms with van der Waals surface area (Å²) in [6.45, 7) is 0.344. The van der Waals surface area contributed by atoms with E-state index in [-0.39, 0.29) is 11.4 Å². The van der Waals surface area contributed by atoms with Crippen molar-refractivity contribution >= 4 is 5.69 Å². The standard InChI is InChI=1S/C15H10N6O2/c16-8-14-15(12-2-1-7-17-9-12)20(19-18-14)10-11-3-5-13(6-4-11)21(22)23/h1-7,9H,10H2. The molecule has 0 saturated carbocycles. The number of benzene rings is 1. The van der Waals surface area contributed by atoms with Gasteiger partial charge in [0.15, 0.2) is 5.69 Å². The van der Waals surface area contributed by atoms with Crippen LogP contribution in [-0.2, 0) is 6.54 Å². The zero-order chi connectivity index (χ0) is 16.2. The van der Waals surface area contributed by atoms with Crippen molar-refractivity contribution in [1.82, 2.24) is 20.0 Å². The molecule has 0 N–H and O–H groups in total. The van der Waals surface area contributed by atoms with Crippen LogP contribution in [0.5, 0.6) is 0 Å². The Morgan fingerprint density at radius 2 is 2.04 bits per heavy atom. The predicted octanol–water partition coefficient (Wildman–Crippen LogP) is 2.17. The van der Waals surface area contributed by atoms with Crippen LogP contribution in [0.2, 0.25) is 0 Å². The monoisotopic (exact) mass is 306 g/mol. The molecule has 0 fully saturated rings. The van der Waals surface area contributed by atoms with Gasteiger partial charge in [0.2, 0.25) is 0 Å². The summed E-state index contributed by atoms with van der Waals surface area (Å²) in [6, 6.07) is 11.8. The van der Waals surface area contributed by atoms with Crippen LogP contribution < -0.4 is 0 Å². The van der Waals surface area contributed by atoms with Crippen molar-refractivity contribution in [2.45, 2.75) is 6.54 Å². The molecule has 0 atom stereocenters. The third kappa shape index (κ3) is 2.89. The summed E-state index contributed by atoms with van der Waals surface area (Å²) in [4.78, 5) is 14.3. The number of hydrogen-bond donors (Lipinski definition) is 0. The highest BCUT2D eigenvalue weighted by Crippen LogP contribution is 2.22. The highest BCUT2D eigenvalue weighted by molar-refractivity contribution is 5.63. The zero-order valence-electron chi connectivity index (χ0n) is 11.8. The highest BCUT2D eigenvalue weighted by atomic mass is 16.6. The second-order valence-electron chi connectivity index (χ2n) is 4.72. The van der Waals surface area contributed by atoms with E-state index in [1.165, 1.54) is 12.1 Å². The Bertz CT molecular complexity index is 881. The maximum atomic E-state index is 10.7. The molecule has 0 aliphatic heterocycles. The topological polar surface area (TPSA) is 111 Å². The molecule has 0 saturated heterocycles. The highest BCUT2D eigenvalue weighted by Gasteiger charge is 2.15. The van der Waals surface area contributed by atoms with Gasteiger partial charge in [-0.05, 0) is 17.7 Å². The summed E-state index contributed by atoms with van der Waals surface area (Å²) in [5, 5.41) is 27.7. The van der Waals surface area contributed by atoms with Crippen LogP contribution in [0.15, 0.2) is 48.8 Å². The van der Waals surface area contributed by atoms with Crippen molar-refractivity contribution in [2.75, 3.05) is 0 Å². The minimum absolute atomic E-state index is 0.0255. The fraction of sp³-hybridized carbons (Fsp3) is 0.0667. The minimum atomic E-state index is -0.450. The number of nitro groups is 1. The maximum absolute atomic E-state index is 10.7. The van der Waals surface area contributed by atoms with Gasteiger partial charge < -0.3 is 0 Å². The number of nitrogens with zero attached hydrogens (tertiary/aromatic N) is 6. The van der Waals surface area contributed by atoms with Crippen molar-refractivity contribution in [3.8, 4) is 17.3 Å². The molecule has 1 aromatic carbocycles. The summed E-state index contributed by atoms with van der Waals surface area (Å²) >= 11 is 0. The van der Waals surface area contributed by atoms with Gasteiger partial charge in [-0.25, -0.2) is 4.68 Å². The third-order valence-electron chi connectivity index (χ3n) is 3.26. The molecule has 2 heterocycles. The van der Waals surface area contributed by atoms with E-state index >= 15 is 0 Å². The van der Waals surface area contributed by atoms with Gasteiger partial charge in [0.1, 0.15) is 11.8 Å². The Morgan fingerprint density at radius 1 is 1.26 bits per heavy atom. The van der Waals surface area contributed by atoms with Crippen molar-refractivity contribution in [3.63, 3.8) is 0 Å². The van der Waals surface area contributed by atoms with Crippen LogP contribution >= 0.6 is 0 Å². The van der Waals surface area contributed by atoms with Crippen LogP contribution in [-0.4, -0.2) is 24.9 Å². The van der Waals surface area contributed by atoms with Crippen LogP contribution in [0.4, 0.5) is 5.69 Å². The quantitative estimate of drug-likeness (QED) is 0.539. The zero-order valence-corrected chi connectivity index (χ0v) is 11.8. The van der Waals surface area contributed by atoms with E-state index in [1.807, 2.05) is 12.1 Å². The van der Waals surface area contributed by atoms with Crippen LogP contribution in [0.25, 0.3) is 11.3 Å². The predicted molar refractivity (Wildman–Crippen MR) is 80.2 cm³/mol. The first-order valence-corrected chi connectivity index (χ1v) is 6.66. The molecule has 0 unspecified atom stereocenters. The fourth-order valence-electron chi connectivity index (χ4n) is 2.18. The van der Waals surface area contributed by atoms with E-state index in [1.54, 1.807) is 35.3 Å². The lowest BCUT2D eigenvalue weighted by atomic mass is 10.1. The average molecular weight is 306 g/mol. The molecule has 3 rings (SSSR count). The first-order valence-electron chi connectivity index (χ1n) is 6.66. The lowest BCUT2D eigenvalue weighted by Crippen LogP contribution is -2.04. The molecule has 0 radical (unpaired) electrons. The van der Waals surface area contributed by atoms with Gasteiger partial charge in [0, 0.05) is 30.1 Å². The normalized spacial score (nSPS) is 10.2. The summed E-state index contributed by atoms with van der Waals surface area (Å²) < 4.78 is 1.58. The van der Waals surface area contributed by atoms with E-state index in [0.29, 0.717) is 12.2 Å². The van der Waals surface area contributed by atoms with E-state index < -0.39 is 4.92 Å². The molecule has 2 aromatic heterocycles. The Kier molecular flexibility index (Phi) is 3.76. The Balaban J connectivity index is 1.96. The summed E-state index contributed by atoms with van der Waals surface area (Å²) in [7, 11) is 0. The number of aromatic nitrogens is 4. The molecule has 3 aromatic rings. The summed E-state index contributed by atoms with van der Waals surface area (Å²) in [5.41, 5.74) is 2.35. The second kappa shape index (κ2) is 6.03. The van der Waals surface area contributed by atoms with Crippen molar-refractivity contribution in [2.24, 2.45) is 0 Å². The SMILES string of the molecule is N#Cc1nnn(Cc2ccc([N+](=O)[O-])cc2)c1-c1cccnc1. The van der Waals surface area contributed by atoms with Gasteiger partial charge in [-0.2, -0.15) is 5.26 Å². The van der Waals surface area contributed by atoms with Gasteiger partial charge in [-0.3, -0.25) is 15.1 Å². The van der Waals surface area contributed by atoms with E-state index in [9.17, 15) is 15.4 Å². The molecule has 0 bridgehead atoms. The largest absolute Gasteiger partial charge is 0.269 e. The number of pyridine rings is 1. The minimum Gasteiger partial charge on any atom is -0.264 e. The molecular formula is C15H10N6O2. The molecule has 8 nitrogen and oxygen atoms in total. The number of rotatable bonds is 4. The number of nitriles is 1. The van der Waals surface area contributed by atoms with E-state index in [0.717, 1.165) is 11.1 Å². The smallest absolute Gasteiger partial charge is 0.264 e. The maximum Gasteiger partial charge on any atom is 0.269 e. The third-order valence-corrected chi connectivity index (χ3v) is 3.26. The number of hydrogen-bond acceptors (Lipinski definition) is 6. The van der Waals surface area contributed by atoms with Crippen LogP contribution in [0.1, 0.15) is 11.3 Å². The van der Waals surface area contributed by atoms with Crippen LogP contribution in [0, 0.1) is 21.4 Å². The first-order chi connectivity index (χ1) is 11.2. The lowest BCUT2D eigenvalue weighted by Gasteiger charge is -2.06. The number of nitro benzene ring substituents is 1. The van der Waals surface area contributed by atoms with Gasteiger partial charge in [-0.15, -0.1) is 5.10 Å². The molecule has 0 spiro atoms. The number of non-ortho nitro benzene ring substituents is 1. The van der Waals surface area contributed by atoms with Crippen molar-refractivity contribution < 1.29 is 4.92 Å². The van der Waals surface area contributed by atoms with Gasteiger partial charge in [0.25, 0.3) is 5.69 Å². The molecule has 23 heavy (non-hydrogen) atoms. The summed E-state index contributed by atoms with van der Waals surface area (Å²) in [5.74, 6) is 0. The summed E-state index contributed by atoms with van der Waals surface area (Å²) in [6.07, 6.45) is 3.27. The average Bonchev–Trinajstić information content (AvgIpc) is 2.99. The van der Waals surface area contributed by atoms with E-state index in [4.69, 9.17) is 0 Å². The molecule has 0 amide bonds. The Labute approximate surface area is 130 Å². The van der Waals surface area contributed by atoms with Crippen molar-refractivity contribution in [3.05, 3.63) is 70.2 Å². The fourth-order valence-corrected chi connectivity index (χ4v) is 2.18. The lowest BCUT2D eigenvalue weighted by molar-refractivity contribution is -0.384. The van der Waals surface area contributed by atoms with Crippen LogP contribution in [0.3, 0.4) is 0 Å². The molecular weight excluding hydrogens is 296 g/mol. The second-order valence-corrected chi connectivity index (χ2v) is 4.72. The molecule has 0 aliphatic rings. The van der Waals surface area contributed by atoms with Gasteiger partial charge in [0.05, 0.1) is 11.5 Å². The molecule has 8 heteroatoms.